The van der Waals surface area contributed by atoms with Crippen molar-refractivity contribution in [3.05, 3.63) is 61.1 Å². The van der Waals surface area contributed by atoms with Gasteiger partial charge in [-0.1, -0.05) is 18.2 Å². The number of H-pyrrole nitrogens is 1. The van der Waals surface area contributed by atoms with Gasteiger partial charge in [0.2, 0.25) is 5.95 Å². The van der Waals surface area contributed by atoms with Crippen molar-refractivity contribution < 1.29 is 0 Å². The largest absolute Gasteiger partial charge is 0.359 e. The molecule has 1 aromatic carbocycles. The Balaban J connectivity index is 1.38. The minimum atomic E-state index is 0.563. The molecule has 0 saturated carbocycles. The maximum Gasteiger partial charge on any atom is 0.227 e. The number of para-hydroxylation sites is 1. The third-order valence-corrected chi connectivity index (χ3v) is 4.98. The number of fused-ring (bicyclic) bond motifs is 1. The van der Waals surface area contributed by atoms with Gasteiger partial charge in [-0.25, -0.2) is 15.0 Å². The lowest BCUT2D eigenvalue weighted by atomic mass is 10.2. The second-order valence-electron chi connectivity index (χ2n) is 6.78. The van der Waals surface area contributed by atoms with E-state index in [9.17, 15) is 0 Å². The van der Waals surface area contributed by atoms with E-state index in [2.05, 4.69) is 53.7 Å². The average molecular weight is 371 g/mol. The van der Waals surface area contributed by atoms with Crippen molar-refractivity contribution in [2.24, 2.45) is 0 Å². The highest BCUT2D eigenvalue weighted by molar-refractivity contribution is 5.93. The van der Waals surface area contributed by atoms with Gasteiger partial charge < -0.3 is 20.5 Å². The van der Waals surface area contributed by atoms with Crippen LogP contribution >= 0.6 is 0 Å². The van der Waals surface area contributed by atoms with Crippen LogP contribution in [0.3, 0.4) is 0 Å². The third kappa shape index (κ3) is 3.27. The predicted molar refractivity (Wildman–Crippen MR) is 112 cm³/mol. The Hall–Kier alpha value is -3.45. The molecule has 1 aliphatic rings. The molecule has 0 atom stereocenters. The number of piperazine rings is 1. The Kier molecular flexibility index (Phi) is 4.34. The molecule has 3 aromatic heterocycles. The first kappa shape index (κ1) is 16.7. The quantitative estimate of drug-likeness (QED) is 0.511. The summed E-state index contributed by atoms with van der Waals surface area (Å²) in [5.41, 5.74) is 3.86. The van der Waals surface area contributed by atoms with E-state index in [1.54, 1.807) is 6.20 Å². The maximum absolute atomic E-state index is 4.67. The molecule has 1 aliphatic heterocycles. The molecule has 4 aromatic rings. The summed E-state index contributed by atoms with van der Waals surface area (Å²) >= 11 is 0. The van der Waals surface area contributed by atoms with Crippen molar-refractivity contribution in [3.8, 4) is 11.3 Å². The first-order valence-corrected chi connectivity index (χ1v) is 9.45. The van der Waals surface area contributed by atoms with Crippen LogP contribution in [-0.4, -0.2) is 46.1 Å². The van der Waals surface area contributed by atoms with E-state index < -0.39 is 0 Å². The van der Waals surface area contributed by atoms with Gasteiger partial charge >= 0.3 is 0 Å². The fourth-order valence-electron chi connectivity index (χ4n) is 3.49. The molecule has 28 heavy (non-hydrogen) atoms. The van der Waals surface area contributed by atoms with E-state index in [0.29, 0.717) is 5.95 Å². The summed E-state index contributed by atoms with van der Waals surface area (Å²) in [7, 11) is 0. The van der Waals surface area contributed by atoms with Gasteiger partial charge in [0.15, 0.2) is 0 Å². The number of nitrogens with one attached hydrogen (secondary N) is 3. The first-order valence-electron chi connectivity index (χ1n) is 9.45. The van der Waals surface area contributed by atoms with Crippen LogP contribution in [0.5, 0.6) is 0 Å². The van der Waals surface area contributed by atoms with Crippen LogP contribution in [0.25, 0.3) is 22.2 Å². The van der Waals surface area contributed by atoms with Gasteiger partial charge in [-0.2, -0.15) is 0 Å². The van der Waals surface area contributed by atoms with E-state index in [0.717, 1.165) is 59.8 Å². The van der Waals surface area contributed by atoms with Crippen molar-refractivity contribution in [1.29, 1.82) is 0 Å². The summed E-state index contributed by atoms with van der Waals surface area (Å²) in [6, 6.07) is 14.2. The summed E-state index contributed by atoms with van der Waals surface area (Å²) in [4.78, 5) is 19.2. The van der Waals surface area contributed by atoms with Crippen molar-refractivity contribution in [3.63, 3.8) is 0 Å². The van der Waals surface area contributed by atoms with E-state index in [1.807, 2.05) is 36.7 Å². The molecular formula is C21H21N7. The van der Waals surface area contributed by atoms with Gasteiger partial charge in [-0.05, 0) is 24.3 Å². The first-order chi connectivity index (χ1) is 13.9. The van der Waals surface area contributed by atoms with Crippen molar-refractivity contribution in [2.45, 2.75) is 0 Å². The van der Waals surface area contributed by atoms with E-state index in [-0.39, 0.29) is 0 Å². The summed E-state index contributed by atoms with van der Waals surface area (Å²) < 4.78 is 0. The molecule has 0 unspecified atom stereocenters. The van der Waals surface area contributed by atoms with Gasteiger partial charge in [-0.3, -0.25) is 0 Å². The second-order valence-corrected chi connectivity index (χ2v) is 6.78. The van der Waals surface area contributed by atoms with Crippen LogP contribution in [0.2, 0.25) is 0 Å². The number of nitrogens with zero attached hydrogens (tertiary/aromatic N) is 4. The Morgan fingerprint density at radius 1 is 0.964 bits per heavy atom. The standard InChI is InChI=1S/C21H21N7/c1-2-4-18-16(3-1)19(14-24-18)27-21-23-8-7-17(26-21)15-5-6-20(25-13-15)28-11-9-22-10-12-28/h1-8,13-14,22,24H,9-12H2,(H,23,26,27). The number of pyridine rings is 1. The minimum absolute atomic E-state index is 0.563. The zero-order valence-corrected chi connectivity index (χ0v) is 15.4. The molecule has 0 aliphatic carbocycles. The van der Waals surface area contributed by atoms with E-state index in [1.165, 1.54) is 0 Å². The molecular weight excluding hydrogens is 350 g/mol. The fraction of sp³-hybridized carbons (Fsp3) is 0.190. The van der Waals surface area contributed by atoms with E-state index in [4.69, 9.17) is 0 Å². The number of aromatic nitrogens is 4. The monoisotopic (exact) mass is 371 g/mol. The van der Waals surface area contributed by atoms with Gasteiger partial charge in [0, 0.05) is 61.2 Å². The molecule has 7 heteroatoms. The molecule has 0 radical (unpaired) electrons. The summed E-state index contributed by atoms with van der Waals surface area (Å²) in [5, 5.41) is 7.78. The molecule has 1 fully saturated rings. The summed E-state index contributed by atoms with van der Waals surface area (Å²) in [6.45, 7) is 3.97. The van der Waals surface area contributed by atoms with Crippen LogP contribution in [0.4, 0.5) is 17.5 Å². The van der Waals surface area contributed by atoms with Gasteiger partial charge in [0.05, 0.1) is 11.4 Å². The molecule has 0 amide bonds. The number of hydrogen-bond donors (Lipinski definition) is 3. The van der Waals surface area contributed by atoms with E-state index >= 15 is 0 Å². The highest BCUT2D eigenvalue weighted by Crippen LogP contribution is 2.26. The Morgan fingerprint density at radius 3 is 2.71 bits per heavy atom. The molecule has 7 nitrogen and oxygen atoms in total. The topological polar surface area (TPSA) is 81.8 Å². The number of rotatable bonds is 4. The Labute approximate surface area is 162 Å². The molecule has 3 N–H and O–H groups in total. The number of anilines is 3. The third-order valence-electron chi connectivity index (χ3n) is 4.98. The van der Waals surface area contributed by atoms with Crippen molar-refractivity contribution >= 4 is 28.4 Å². The normalized spacial score (nSPS) is 14.4. The number of hydrogen-bond acceptors (Lipinski definition) is 6. The van der Waals surface area contributed by atoms with Crippen LogP contribution < -0.4 is 15.5 Å². The van der Waals surface area contributed by atoms with Crippen LogP contribution in [0, 0.1) is 0 Å². The zero-order chi connectivity index (χ0) is 18.8. The lowest BCUT2D eigenvalue weighted by Crippen LogP contribution is -2.43. The lowest BCUT2D eigenvalue weighted by molar-refractivity contribution is 0.585. The predicted octanol–water partition coefficient (Wildman–Crippen LogP) is 3.17. The highest BCUT2D eigenvalue weighted by Gasteiger charge is 2.12. The number of benzene rings is 1. The van der Waals surface area contributed by atoms with Gasteiger partial charge in [-0.15, -0.1) is 0 Å². The number of aromatic amines is 1. The second kappa shape index (κ2) is 7.28. The van der Waals surface area contributed by atoms with Crippen LogP contribution in [0.1, 0.15) is 0 Å². The van der Waals surface area contributed by atoms with Gasteiger partial charge in [0.1, 0.15) is 5.82 Å². The Morgan fingerprint density at radius 2 is 1.86 bits per heavy atom. The SMILES string of the molecule is c1ccc2c(Nc3nccc(-c4ccc(N5CCNCC5)nc4)n3)c[nH]c2c1. The highest BCUT2D eigenvalue weighted by atomic mass is 15.2. The lowest BCUT2D eigenvalue weighted by Gasteiger charge is -2.28. The average Bonchev–Trinajstić information content (AvgIpc) is 3.18. The zero-order valence-electron chi connectivity index (χ0n) is 15.4. The molecule has 0 spiro atoms. The van der Waals surface area contributed by atoms with Crippen molar-refractivity contribution in [1.82, 2.24) is 25.3 Å². The van der Waals surface area contributed by atoms with Crippen molar-refractivity contribution in [2.75, 3.05) is 36.4 Å². The molecule has 4 heterocycles. The molecule has 1 saturated heterocycles. The summed E-state index contributed by atoms with van der Waals surface area (Å²) in [6.07, 6.45) is 5.59. The summed E-state index contributed by atoms with van der Waals surface area (Å²) in [5.74, 6) is 1.57. The smallest absolute Gasteiger partial charge is 0.227 e. The molecule has 0 bridgehead atoms. The molecule has 140 valence electrons. The maximum atomic E-state index is 4.67. The fourth-order valence-corrected chi connectivity index (χ4v) is 3.49. The van der Waals surface area contributed by atoms with Gasteiger partial charge in [0.25, 0.3) is 0 Å². The van der Waals surface area contributed by atoms with Crippen LogP contribution in [0.15, 0.2) is 61.1 Å². The van der Waals surface area contributed by atoms with Crippen LogP contribution in [-0.2, 0) is 0 Å². The minimum Gasteiger partial charge on any atom is -0.359 e. The Bertz CT molecular complexity index is 1080. The molecule has 5 rings (SSSR count).